The van der Waals surface area contributed by atoms with Gasteiger partial charge in [-0.2, -0.15) is 0 Å². The molecule has 2 aromatic carbocycles. The average molecular weight is 439 g/mol. The number of methoxy groups -OCH3 is 1. The first kappa shape index (κ1) is 19.8. The summed E-state index contributed by atoms with van der Waals surface area (Å²) in [5.74, 6) is 1.95. The molecule has 7 nitrogen and oxygen atoms in total. The van der Waals surface area contributed by atoms with E-state index in [1.165, 1.54) is 11.3 Å². The molecule has 0 spiro atoms. The lowest BCUT2D eigenvalue weighted by atomic mass is 10.2. The first-order chi connectivity index (χ1) is 15.2. The highest BCUT2D eigenvalue weighted by Gasteiger charge is 2.25. The molecule has 0 bridgehead atoms. The van der Waals surface area contributed by atoms with Gasteiger partial charge in [0.15, 0.2) is 16.6 Å². The van der Waals surface area contributed by atoms with Gasteiger partial charge in [-0.1, -0.05) is 23.5 Å². The minimum absolute atomic E-state index is 0.0109. The number of rotatable bonds is 6. The van der Waals surface area contributed by atoms with Crippen molar-refractivity contribution >= 4 is 38.7 Å². The number of amides is 1. The summed E-state index contributed by atoms with van der Waals surface area (Å²) < 4.78 is 23.0. The van der Waals surface area contributed by atoms with Gasteiger partial charge in [-0.25, -0.2) is 4.98 Å². The van der Waals surface area contributed by atoms with Crippen molar-refractivity contribution in [3.05, 3.63) is 48.0 Å². The smallest absolute Gasteiger partial charge is 0.252 e. The number of benzene rings is 2. The maximum absolute atomic E-state index is 13.2. The SMILES string of the molecule is COc1cccc2sc(N(CC3CCCO3)C(=O)/C=C/c3ccc4c(c3)OCO4)nc12. The molecular formula is C23H22N2O5S. The van der Waals surface area contributed by atoms with Crippen LogP contribution in [0.5, 0.6) is 17.2 Å². The van der Waals surface area contributed by atoms with Crippen LogP contribution < -0.4 is 19.1 Å². The van der Waals surface area contributed by atoms with E-state index >= 15 is 0 Å². The first-order valence-corrected chi connectivity index (χ1v) is 11.0. The Bertz CT molecular complexity index is 1140. The van der Waals surface area contributed by atoms with Gasteiger partial charge in [-0.15, -0.1) is 0 Å². The van der Waals surface area contributed by atoms with Crippen molar-refractivity contribution < 1.29 is 23.7 Å². The van der Waals surface area contributed by atoms with Gasteiger partial charge in [-0.3, -0.25) is 9.69 Å². The Hall–Kier alpha value is -3.10. The van der Waals surface area contributed by atoms with E-state index in [0.717, 1.165) is 35.2 Å². The molecule has 1 amide bonds. The summed E-state index contributed by atoms with van der Waals surface area (Å²) in [6.07, 6.45) is 5.30. The molecule has 1 saturated heterocycles. The van der Waals surface area contributed by atoms with Crippen LogP contribution in [0.3, 0.4) is 0 Å². The predicted molar refractivity (Wildman–Crippen MR) is 119 cm³/mol. The summed E-state index contributed by atoms with van der Waals surface area (Å²) in [5, 5.41) is 0.635. The number of carbonyl (C=O) groups excluding carboxylic acids is 1. The fraction of sp³-hybridized carbons (Fsp3) is 0.304. The van der Waals surface area contributed by atoms with E-state index in [9.17, 15) is 4.79 Å². The van der Waals surface area contributed by atoms with Crippen LogP contribution in [-0.4, -0.2) is 44.0 Å². The van der Waals surface area contributed by atoms with E-state index in [1.54, 1.807) is 24.2 Å². The average Bonchev–Trinajstić information content (AvgIpc) is 3.55. The van der Waals surface area contributed by atoms with Gasteiger partial charge in [0.25, 0.3) is 5.91 Å². The molecule has 0 radical (unpaired) electrons. The van der Waals surface area contributed by atoms with Crippen molar-refractivity contribution in [2.45, 2.75) is 18.9 Å². The van der Waals surface area contributed by atoms with E-state index in [-0.39, 0.29) is 18.8 Å². The Balaban J connectivity index is 1.43. The van der Waals surface area contributed by atoms with Crippen LogP contribution in [0.1, 0.15) is 18.4 Å². The van der Waals surface area contributed by atoms with Crippen LogP contribution in [-0.2, 0) is 9.53 Å². The van der Waals surface area contributed by atoms with Gasteiger partial charge >= 0.3 is 0 Å². The van der Waals surface area contributed by atoms with E-state index < -0.39 is 0 Å². The molecule has 3 aromatic rings. The second-order valence-corrected chi connectivity index (χ2v) is 8.34. The fourth-order valence-corrected chi connectivity index (χ4v) is 4.72. The molecule has 5 rings (SSSR count). The van der Waals surface area contributed by atoms with E-state index in [1.807, 2.05) is 36.4 Å². The number of thiazole rings is 1. The Morgan fingerprint density at radius 1 is 1.29 bits per heavy atom. The number of carbonyl (C=O) groups is 1. The Labute approximate surface area is 183 Å². The molecule has 2 aliphatic heterocycles. The molecule has 1 aromatic heterocycles. The number of ether oxygens (including phenoxy) is 4. The van der Waals surface area contributed by atoms with E-state index in [0.29, 0.717) is 28.9 Å². The van der Waals surface area contributed by atoms with Gasteiger partial charge in [0.05, 0.1) is 24.5 Å². The van der Waals surface area contributed by atoms with E-state index in [2.05, 4.69) is 0 Å². The summed E-state index contributed by atoms with van der Waals surface area (Å²) in [5.41, 5.74) is 1.62. The number of aromatic nitrogens is 1. The number of hydrogen-bond acceptors (Lipinski definition) is 7. The number of hydrogen-bond donors (Lipinski definition) is 0. The van der Waals surface area contributed by atoms with Gasteiger partial charge in [0, 0.05) is 12.7 Å². The first-order valence-electron chi connectivity index (χ1n) is 10.2. The van der Waals surface area contributed by atoms with Crippen LogP contribution in [0.15, 0.2) is 42.5 Å². The van der Waals surface area contributed by atoms with Crippen LogP contribution in [0.2, 0.25) is 0 Å². The zero-order chi connectivity index (χ0) is 21.2. The van der Waals surface area contributed by atoms with Crippen molar-refractivity contribution in [3.8, 4) is 17.2 Å². The summed E-state index contributed by atoms with van der Waals surface area (Å²) in [4.78, 5) is 19.7. The topological polar surface area (TPSA) is 70.1 Å². The predicted octanol–water partition coefficient (Wildman–Crippen LogP) is 4.26. The number of anilines is 1. The molecule has 160 valence electrons. The third kappa shape index (κ3) is 4.08. The second-order valence-electron chi connectivity index (χ2n) is 7.33. The summed E-state index contributed by atoms with van der Waals surface area (Å²) in [6.45, 7) is 1.41. The van der Waals surface area contributed by atoms with Crippen LogP contribution in [0.4, 0.5) is 5.13 Å². The molecule has 2 aliphatic rings. The summed E-state index contributed by atoms with van der Waals surface area (Å²) >= 11 is 1.47. The van der Waals surface area contributed by atoms with Crippen LogP contribution in [0.25, 0.3) is 16.3 Å². The minimum atomic E-state index is -0.147. The monoisotopic (exact) mass is 438 g/mol. The third-order valence-electron chi connectivity index (χ3n) is 5.31. The highest BCUT2D eigenvalue weighted by Crippen LogP contribution is 2.35. The fourth-order valence-electron chi connectivity index (χ4n) is 3.72. The molecule has 0 aliphatic carbocycles. The normalized spacial score (nSPS) is 17.5. The maximum atomic E-state index is 13.2. The quantitative estimate of drug-likeness (QED) is 0.536. The molecule has 1 fully saturated rings. The molecular weight excluding hydrogens is 416 g/mol. The van der Waals surface area contributed by atoms with Crippen molar-refractivity contribution in [1.29, 1.82) is 0 Å². The molecule has 1 atom stereocenters. The molecule has 0 N–H and O–H groups in total. The lowest BCUT2D eigenvalue weighted by Crippen LogP contribution is -2.36. The minimum Gasteiger partial charge on any atom is -0.494 e. The Kier molecular flexibility index (Phi) is 5.48. The zero-order valence-corrected chi connectivity index (χ0v) is 17.9. The van der Waals surface area contributed by atoms with Crippen LogP contribution >= 0.6 is 11.3 Å². The standard InChI is InChI=1S/C23H22N2O5S/c1-27-18-5-2-6-20-22(18)24-23(31-20)25(13-16-4-3-11-28-16)21(26)10-8-15-7-9-17-19(12-15)30-14-29-17/h2,5-10,12,16H,3-4,11,13-14H2,1H3/b10-8+. The van der Waals surface area contributed by atoms with Gasteiger partial charge in [-0.05, 0) is 48.7 Å². The Morgan fingerprint density at radius 2 is 2.19 bits per heavy atom. The lowest BCUT2D eigenvalue weighted by molar-refractivity contribution is -0.114. The summed E-state index contributed by atoms with van der Waals surface area (Å²) in [6, 6.07) is 11.4. The third-order valence-corrected chi connectivity index (χ3v) is 6.36. The molecule has 3 heterocycles. The van der Waals surface area contributed by atoms with Crippen LogP contribution in [0, 0.1) is 0 Å². The van der Waals surface area contributed by atoms with Crippen molar-refractivity contribution in [3.63, 3.8) is 0 Å². The van der Waals surface area contributed by atoms with Crippen molar-refractivity contribution in [1.82, 2.24) is 4.98 Å². The number of fused-ring (bicyclic) bond motifs is 2. The van der Waals surface area contributed by atoms with E-state index in [4.69, 9.17) is 23.9 Å². The number of para-hydroxylation sites is 1. The highest BCUT2D eigenvalue weighted by molar-refractivity contribution is 7.22. The zero-order valence-electron chi connectivity index (χ0n) is 17.1. The maximum Gasteiger partial charge on any atom is 0.252 e. The number of nitrogens with zero attached hydrogens (tertiary/aromatic N) is 2. The lowest BCUT2D eigenvalue weighted by Gasteiger charge is -2.21. The van der Waals surface area contributed by atoms with Crippen molar-refractivity contribution in [2.24, 2.45) is 0 Å². The largest absolute Gasteiger partial charge is 0.494 e. The molecule has 8 heteroatoms. The van der Waals surface area contributed by atoms with Gasteiger partial charge < -0.3 is 18.9 Å². The molecule has 1 unspecified atom stereocenters. The van der Waals surface area contributed by atoms with Gasteiger partial charge in [0.1, 0.15) is 11.3 Å². The molecule has 31 heavy (non-hydrogen) atoms. The van der Waals surface area contributed by atoms with Gasteiger partial charge in [0.2, 0.25) is 6.79 Å². The van der Waals surface area contributed by atoms with Crippen molar-refractivity contribution in [2.75, 3.05) is 32.0 Å². The Morgan fingerprint density at radius 3 is 3.03 bits per heavy atom. The molecule has 0 saturated carbocycles. The second kappa shape index (κ2) is 8.56. The summed E-state index contributed by atoms with van der Waals surface area (Å²) in [7, 11) is 1.62. The highest BCUT2D eigenvalue weighted by atomic mass is 32.1.